The van der Waals surface area contributed by atoms with Crippen LogP contribution < -0.4 is 10.1 Å². The van der Waals surface area contributed by atoms with Crippen LogP contribution in [0.5, 0.6) is 5.75 Å². The number of benzene rings is 1. The molecule has 1 N–H and O–H groups in total. The van der Waals surface area contributed by atoms with Gasteiger partial charge in [0, 0.05) is 36.9 Å². The van der Waals surface area contributed by atoms with Gasteiger partial charge in [0.05, 0.1) is 5.69 Å². The number of aromatic nitrogens is 2. The summed E-state index contributed by atoms with van der Waals surface area (Å²) in [6.07, 6.45) is 2.28. The van der Waals surface area contributed by atoms with Crippen LogP contribution in [0.3, 0.4) is 0 Å². The Morgan fingerprint density at radius 3 is 2.74 bits per heavy atom. The topological polar surface area (TPSA) is 103 Å². The third-order valence-corrected chi connectivity index (χ3v) is 5.31. The number of ether oxygens (including phenoxy) is 3. The van der Waals surface area contributed by atoms with Crippen molar-refractivity contribution in [3.05, 3.63) is 35.4 Å². The van der Waals surface area contributed by atoms with Crippen molar-refractivity contribution in [3.63, 3.8) is 0 Å². The zero-order chi connectivity index (χ0) is 24.7. The zero-order valence-corrected chi connectivity index (χ0v) is 20.6. The molecule has 3 rings (SSSR count). The fraction of sp³-hybridized carbons (Fsp3) is 0.520. The van der Waals surface area contributed by atoms with Crippen molar-refractivity contribution in [2.45, 2.75) is 59.1 Å². The van der Waals surface area contributed by atoms with Gasteiger partial charge in [-0.3, -0.25) is 4.79 Å². The highest BCUT2D eigenvalue weighted by molar-refractivity contribution is 5.80. The fourth-order valence-electron chi connectivity index (χ4n) is 3.73. The van der Waals surface area contributed by atoms with Crippen LogP contribution in [0.15, 0.2) is 24.3 Å². The van der Waals surface area contributed by atoms with Gasteiger partial charge in [-0.15, -0.1) is 10.2 Å². The molecule has 0 unspecified atom stereocenters. The molecule has 0 saturated carbocycles. The standard InChI is InChI=1S/C25H34N4O5/c1-6-32-16-33-21-13-18(15-30)9-10-20(21)23-17(2)12-22(27-28-23)26-19-8-7-11-29(14-19)24(31)34-25(3,4)5/h9-10,12-13,15,19H,6-8,11,14,16H2,1-5H3,(H,26,27)/t19-/m1/s1. The summed E-state index contributed by atoms with van der Waals surface area (Å²) in [5, 5.41) is 12.2. The van der Waals surface area contributed by atoms with Gasteiger partial charge >= 0.3 is 6.09 Å². The lowest BCUT2D eigenvalue weighted by atomic mass is 10.0. The SMILES string of the molecule is CCOCOc1cc(C=O)ccc1-c1nnc(N[C@@H]2CCCN(C(=O)OC(C)(C)C)C2)cc1C. The van der Waals surface area contributed by atoms with Gasteiger partial charge in [-0.25, -0.2) is 4.79 Å². The molecule has 1 aliphatic heterocycles. The van der Waals surface area contributed by atoms with Gasteiger partial charge in [0.1, 0.15) is 23.5 Å². The molecule has 2 aromatic rings. The van der Waals surface area contributed by atoms with Crippen molar-refractivity contribution >= 4 is 18.2 Å². The Kier molecular flexibility index (Phi) is 8.44. The minimum Gasteiger partial charge on any atom is -0.467 e. The highest BCUT2D eigenvalue weighted by Gasteiger charge is 2.28. The lowest BCUT2D eigenvalue weighted by Gasteiger charge is -2.34. The van der Waals surface area contributed by atoms with Crippen LogP contribution >= 0.6 is 0 Å². The van der Waals surface area contributed by atoms with Gasteiger partial charge in [0.25, 0.3) is 0 Å². The van der Waals surface area contributed by atoms with E-state index in [9.17, 15) is 9.59 Å². The van der Waals surface area contributed by atoms with Crippen molar-refractivity contribution in [1.82, 2.24) is 15.1 Å². The summed E-state index contributed by atoms with van der Waals surface area (Å²) in [6.45, 7) is 11.2. The lowest BCUT2D eigenvalue weighted by molar-refractivity contribution is 0.0205. The molecule has 0 aliphatic carbocycles. The second kappa shape index (κ2) is 11.3. The Balaban J connectivity index is 1.73. The van der Waals surface area contributed by atoms with Crippen molar-refractivity contribution in [2.75, 3.05) is 31.8 Å². The summed E-state index contributed by atoms with van der Waals surface area (Å²) >= 11 is 0. The number of aldehydes is 1. The molecule has 34 heavy (non-hydrogen) atoms. The van der Waals surface area contributed by atoms with E-state index >= 15 is 0 Å². The van der Waals surface area contributed by atoms with Crippen molar-refractivity contribution in [1.29, 1.82) is 0 Å². The lowest BCUT2D eigenvalue weighted by Crippen LogP contribution is -2.47. The maximum Gasteiger partial charge on any atom is 0.410 e. The van der Waals surface area contributed by atoms with Crippen molar-refractivity contribution in [2.24, 2.45) is 0 Å². The van der Waals surface area contributed by atoms with Gasteiger partial charge in [-0.2, -0.15) is 0 Å². The molecule has 2 heterocycles. The third-order valence-electron chi connectivity index (χ3n) is 5.31. The van der Waals surface area contributed by atoms with Gasteiger partial charge < -0.3 is 24.4 Å². The number of hydrogen-bond acceptors (Lipinski definition) is 8. The number of carbonyl (C=O) groups is 2. The van der Waals surface area contributed by atoms with E-state index in [-0.39, 0.29) is 18.9 Å². The van der Waals surface area contributed by atoms with E-state index in [0.29, 0.717) is 42.5 Å². The summed E-state index contributed by atoms with van der Waals surface area (Å²) in [5.74, 6) is 1.15. The van der Waals surface area contributed by atoms with Crippen LogP contribution in [0.25, 0.3) is 11.3 Å². The molecule has 0 radical (unpaired) electrons. The van der Waals surface area contributed by atoms with Crippen LogP contribution in [0.2, 0.25) is 0 Å². The van der Waals surface area contributed by atoms with Crippen molar-refractivity contribution < 1.29 is 23.8 Å². The first kappa shape index (κ1) is 25.4. The Morgan fingerprint density at radius 1 is 1.26 bits per heavy atom. The molecule has 184 valence electrons. The number of amides is 1. The number of rotatable bonds is 8. The van der Waals surface area contributed by atoms with Gasteiger partial charge in [-0.05, 0) is 71.2 Å². The van der Waals surface area contributed by atoms with Gasteiger partial charge in [-0.1, -0.05) is 6.07 Å². The van der Waals surface area contributed by atoms with Crippen LogP contribution in [0.4, 0.5) is 10.6 Å². The maximum atomic E-state index is 12.4. The Hall–Kier alpha value is -3.20. The summed E-state index contributed by atoms with van der Waals surface area (Å²) in [6, 6.07) is 7.17. The summed E-state index contributed by atoms with van der Waals surface area (Å²) in [5.41, 5.74) is 2.28. The van der Waals surface area contributed by atoms with E-state index in [0.717, 1.165) is 30.3 Å². The van der Waals surface area contributed by atoms with Crippen LogP contribution in [-0.2, 0) is 9.47 Å². The summed E-state index contributed by atoms with van der Waals surface area (Å²) in [4.78, 5) is 25.4. The fourth-order valence-corrected chi connectivity index (χ4v) is 3.73. The van der Waals surface area contributed by atoms with Crippen LogP contribution in [0.1, 0.15) is 56.5 Å². The smallest absolute Gasteiger partial charge is 0.410 e. The Labute approximate surface area is 200 Å². The highest BCUT2D eigenvalue weighted by atomic mass is 16.7. The molecule has 1 saturated heterocycles. The van der Waals surface area contributed by atoms with E-state index in [2.05, 4.69) is 15.5 Å². The van der Waals surface area contributed by atoms with E-state index in [1.54, 1.807) is 23.1 Å². The van der Waals surface area contributed by atoms with E-state index < -0.39 is 5.60 Å². The molecule has 1 amide bonds. The molecular formula is C25H34N4O5. The number of piperidine rings is 1. The molecule has 1 aromatic heterocycles. The normalized spacial score (nSPS) is 16.1. The number of carbonyl (C=O) groups excluding carboxylic acids is 2. The Bertz CT molecular complexity index is 1010. The van der Waals surface area contributed by atoms with E-state index in [1.807, 2.05) is 40.7 Å². The average Bonchev–Trinajstić information content (AvgIpc) is 2.79. The van der Waals surface area contributed by atoms with Crippen LogP contribution in [-0.4, -0.2) is 65.6 Å². The van der Waals surface area contributed by atoms with E-state index in [4.69, 9.17) is 14.2 Å². The molecule has 9 heteroatoms. The summed E-state index contributed by atoms with van der Waals surface area (Å²) in [7, 11) is 0. The quantitative estimate of drug-likeness (QED) is 0.343. The van der Waals surface area contributed by atoms with Crippen molar-refractivity contribution in [3.8, 4) is 17.0 Å². The molecular weight excluding hydrogens is 436 g/mol. The number of nitrogens with zero attached hydrogens (tertiary/aromatic N) is 3. The zero-order valence-electron chi connectivity index (χ0n) is 20.6. The monoisotopic (exact) mass is 470 g/mol. The largest absolute Gasteiger partial charge is 0.467 e. The molecule has 0 bridgehead atoms. The molecule has 9 nitrogen and oxygen atoms in total. The second-order valence-corrected chi connectivity index (χ2v) is 9.30. The maximum absolute atomic E-state index is 12.4. The van der Waals surface area contributed by atoms with Crippen LogP contribution in [0, 0.1) is 6.92 Å². The van der Waals surface area contributed by atoms with Gasteiger partial charge in [0.2, 0.25) is 0 Å². The summed E-state index contributed by atoms with van der Waals surface area (Å²) < 4.78 is 16.5. The molecule has 1 atom stereocenters. The van der Waals surface area contributed by atoms with E-state index in [1.165, 1.54) is 0 Å². The number of anilines is 1. The molecule has 1 aromatic carbocycles. The molecule has 1 fully saturated rings. The Morgan fingerprint density at radius 2 is 2.06 bits per heavy atom. The predicted molar refractivity (Wildman–Crippen MR) is 129 cm³/mol. The number of aryl methyl sites for hydroxylation is 1. The first-order chi connectivity index (χ1) is 16.2. The number of hydrogen-bond donors (Lipinski definition) is 1. The molecule has 0 spiro atoms. The number of nitrogens with one attached hydrogen (secondary N) is 1. The first-order valence-corrected chi connectivity index (χ1v) is 11.6. The second-order valence-electron chi connectivity index (χ2n) is 9.30. The minimum absolute atomic E-state index is 0.0535. The van der Waals surface area contributed by atoms with Gasteiger partial charge in [0.15, 0.2) is 6.79 Å². The highest BCUT2D eigenvalue weighted by Crippen LogP contribution is 2.32. The minimum atomic E-state index is -0.523. The average molecular weight is 471 g/mol. The first-order valence-electron chi connectivity index (χ1n) is 11.6. The predicted octanol–water partition coefficient (Wildman–Crippen LogP) is 4.45. The third kappa shape index (κ3) is 6.90. The molecule has 1 aliphatic rings. The number of likely N-dealkylation sites (tertiary alicyclic amines) is 1.